The Hall–Kier alpha value is -0.750. The summed E-state index contributed by atoms with van der Waals surface area (Å²) in [6, 6.07) is 3.74. The molecule has 18 heavy (non-hydrogen) atoms. The Balaban J connectivity index is 2.63. The molecule has 0 saturated heterocycles. The van der Waals surface area contributed by atoms with E-state index in [1.807, 2.05) is 13.8 Å². The number of benzene rings is 1. The third-order valence-electron chi connectivity index (χ3n) is 2.11. The van der Waals surface area contributed by atoms with Crippen LogP contribution in [0.25, 0.3) is 0 Å². The molecule has 0 aliphatic carbocycles. The molecule has 0 saturated carbocycles. The second-order valence-electron chi connectivity index (χ2n) is 4.07. The molecule has 2 nitrogen and oxygen atoms in total. The number of nitrogens with one attached hydrogen (secondary N) is 1. The molecule has 0 bridgehead atoms. The first-order valence-corrected chi connectivity index (χ1v) is 6.31. The topological polar surface area (TPSA) is 21.3 Å². The van der Waals surface area contributed by atoms with Crippen molar-refractivity contribution in [2.24, 2.45) is 0 Å². The number of alkyl halides is 3. The van der Waals surface area contributed by atoms with Crippen molar-refractivity contribution in [1.29, 1.82) is 0 Å². The van der Waals surface area contributed by atoms with Crippen LogP contribution in [-0.2, 0) is 10.9 Å². The maximum Gasteiger partial charge on any atom is 0.416 e. The molecule has 0 aromatic heterocycles. The van der Waals surface area contributed by atoms with E-state index in [9.17, 15) is 13.2 Å². The van der Waals surface area contributed by atoms with Gasteiger partial charge in [-0.25, -0.2) is 0 Å². The summed E-state index contributed by atoms with van der Waals surface area (Å²) in [7, 11) is 0. The van der Waals surface area contributed by atoms with Gasteiger partial charge in [-0.15, -0.1) is 0 Å². The number of hydrogen-bond acceptors (Lipinski definition) is 2. The van der Waals surface area contributed by atoms with Crippen LogP contribution in [-0.4, -0.2) is 19.3 Å². The maximum absolute atomic E-state index is 12.6. The van der Waals surface area contributed by atoms with Crippen LogP contribution in [0.4, 0.5) is 18.9 Å². The molecule has 0 aliphatic heterocycles. The molecular weight excluding hydrogens is 311 g/mol. The summed E-state index contributed by atoms with van der Waals surface area (Å²) in [5, 5.41) is 2.90. The van der Waals surface area contributed by atoms with Crippen molar-refractivity contribution < 1.29 is 17.9 Å². The van der Waals surface area contributed by atoms with Crippen molar-refractivity contribution in [2.45, 2.75) is 26.1 Å². The van der Waals surface area contributed by atoms with Gasteiger partial charge in [0, 0.05) is 16.7 Å². The highest BCUT2D eigenvalue weighted by Crippen LogP contribution is 2.33. The van der Waals surface area contributed by atoms with Gasteiger partial charge in [-0.2, -0.15) is 13.2 Å². The number of hydrogen-bond donors (Lipinski definition) is 1. The second-order valence-corrected chi connectivity index (χ2v) is 4.99. The van der Waals surface area contributed by atoms with Crippen molar-refractivity contribution in [3.8, 4) is 0 Å². The van der Waals surface area contributed by atoms with E-state index in [-0.39, 0.29) is 6.10 Å². The fourth-order valence-corrected chi connectivity index (χ4v) is 1.84. The van der Waals surface area contributed by atoms with Crippen molar-refractivity contribution in [3.63, 3.8) is 0 Å². The average Bonchev–Trinajstić information content (AvgIpc) is 2.22. The van der Waals surface area contributed by atoms with E-state index >= 15 is 0 Å². The van der Waals surface area contributed by atoms with Crippen molar-refractivity contribution in [3.05, 3.63) is 28.2 Å². The number of halogens is 4. The van der Waals surface area contributed by atoms with Gasteiger partial charge in [-0.3, -0.25) is 0 Å². The molecule has 102 valence electrons. The lowest BCUT2D eigenvalue weighted by atomic mass is 10.2. The highest BCUT2D eigenvalue weighted by atomic mass is 79.9. The molecule has 0 spiro atoms. The Morgan fingerprint density at radius 2 is 1.94 bits per heavy atom. The van der Waals surface area contributed by atoms with Gasteiger partial charge in [0.05, 0.1) is 18.3 Å². The molecule has 6 heteroatoms. The van der Waals surface area contributed by atoms with E-state index in [0.29, 0.717) is 23.3 Å². The lowest BCUT2D eigenvalue weighted by Crippen LogP contribution is -2.14. The Kier molecular flexibility index (Phi) is 5.47. The molecule has 1 aromatic carbocycles. The molecule has 1 N–H and O–H groups in total. The summed E-state index contributed by atoms with van der Waals surface area (Å²) in [5.41, 5.74) is -0.256. The number of ether oxygens (including phenoxy) is 1. The third-order valence-corrected chi connectivity index (χ3v) is 2.57. The Morgan fingerprint density at radius 1 is 1.28 bits per heavy atom. The summed E-state index contributed by atoms with van der Waals surface area (Å²) < 4.78 is 43.4. The van der Waals surface area contributed by atoms with Gasteiger partial charge in [0.25, 0.3) is 0 Å². The predicted octanol–water partition coefficient (Wildman–Crippen LogP) is 4.30. The summed E-state index contributed by atoms with van der Waals surface area (Å²) in [4.78, 5) is 0. The van der Waals surface area contributed by atoms with Gasteiger partial charge in [0.15, 0.2) is 0 Å². The van der Waals surface area contributed by atoms with Gasteiger partial charge in [0.1, 0.15) is 0 Å². The van der Waals surface area contributed by atoms with Crippen molar-refractivity contribution in [1.82, 2.24) is 0 Å². The van der Waals surface area contributed by atoms with E-state index < -0.39 is 11.7 Å². The van der Waals surface area contributed by atoms with Crippen molar-refractivity contribution in [2.75, 3.05) is 18.5 Å². The molecule has 1 rings (SSSR count). The van der Waals surface area contributed by atoms with Crippen LogP contribution in [0.15, 0.2) is 22.7 Å². The highest BCUT2D eigenvalue weighted by molar-refractivity contribution is 9.10. The smallest absolute Gasteiger partial charge is 0.383 e. The third kappa shape index (κ3) is 5.27. The summed E-state index contributed by atoms with van der Waals surface area (Å²) in [6.45, 7) is 4.72. The zero-order valence-corrected chi connectivity index (χ0v) is 11.7. The summed E-state index contributed by atoms with van der Waals surface area (Å²) >= 11 is 3.07. The second kappa shape index (κ2) is 6.43. The van der Waals surface area contributed by atoms with Gasteiger partial charge in [-0.05, 0) is 32.0 Å². The van der Waals surface area contributed by atoms with Gasteiger partial charge in [-0.1, -0.05) is 15.9 Å². The average molecular weight is 326 g/mol. The molecular formula is C12H15BrF3NO. The van der Waals surface area contributed by atoms with E-state index in [2.05, 4.69) is 21.2 Å². The standard InChI is InChI=1S/C12H15BrF3NO/c1-8(2)18-4-3-17-11-6-9(12(14,15)16)5-10(13)7-11/h5-8,17H,3-4H2,1-2H3. The Bertz CT molecular complexity index is 393. The SMILES string of the molecule is CC(C)OCCNc1cc(Br)cc(C(F)(F)F)c1. The minimum atomic E-state index is -4.34. The van der Waals surface area contributed by atoms with Gasteiger partial charge < -0.3 is 10.1 Å². The molecule has 0 heterocycles. The van der Waals surface area contributed by atoms with Crippen LogP contribution >= 0.6 is 15.9 Å². The first-order valence-electron chi connectivity index (χ1n) is 5.52. The van der Waals surface area contributed by atoms with E-state index in [1.54, 1.807) is 6.07 Å². The minimum Gasteiger partial charge on any atom is -0.383 e. The van der Waals surface area contributed by atoms with Crippen molar-refractivity contribution >= 4 is 21.6 Å². The fourth-order valence-electron chi connectivity index (χ4n) is 1.35. The minimum absolute atomic E-state index is 0.111. The zero-order chi connectivity index (χ0) is 13.8. The van der Waals surface area contributed by atoms with Crippen LogP contribution in [0, 0.1) is 0 Å². The van der Waals surface area contributed by atoms with E-state index in [4.69, 9.17) is 4.74 Å². The Morgan fingerprint density at radius 3 is 2.50 bits per heavy atom. The van der Waals surface area contributed by atoms with Gasteiger partial charge >= 0.3 is 6.18 Å². The molecule has 0 unspecified atom stereocenters. The van der Waals surface area contributed by atoms with E-state index in [1.165, 1.54) is 0 Å². The molecule has 0 fully saturated rings. The van der Waals surface area contributed by atoms with Crippen LogP contribution < -0.4 is 5.32 Å². The Labute approximate surface area is 113 Å². The molecule has 0 radical (unpaired) electrons. The summed E-state index contributed by atoms with van der Waals surface area (Å²) in [6.07, 6.45) is -4.23. The fraction of sp³-hybridized carbons (Fsp3) is 0.500. The molecule has 0 amide bonds. The zero-order valence-electron chi connectivity index (χ0n) is 10.1. The first-order chi connectivity index (χ1) is 8.29. The molecule has 1 aromatic rings. The van der Waals surface area contributed by atoms with E-state index in [0.717, 1.165) is 12.1 Å². The number of rotatable bonds is 5. The lowest BCUT2D eigenvalue weighted by Gasteiger charge is -2.12. The maximum atomic E-state index is 12.6. The normalized spacial score (nSPS) is 11.9. The van der Waals surface area contributed by atoms with Crippen LogP contribution in [0.1, 0.15) is 19.4 Å². The van der Waals surface area contributed by atoms with Crippen LogP contribution in [0.5, 0.6) is 0 Å². The van der Waals surface area contributed by atoms with Crippen LogP contribution in [0.3, 0.4) is 0 Å². The predicted molar refractivity (Wildman–Crippen MR) is 68.7 cm³/mol. The molecule has 0 aliphatic rings. The quantitative estimate of drug-likeness (QED) is 0.815. The summed E-state index contributed by atoms with van der Waals surface area (Å²) in [5.74, 6) is 0. The first kappa shape index (κ1) is 15.3. The largest absolute Gasteiger partial charge is 0.416 e. The lowest BCUT2D eigenvalue weighted by molar-refractivity contribution is -0.137. The monoisotopic (exact) mass is 325 g/mol. The molecule has 0 atom stereocenters. The van der Waals surface area contributed by atoms with Crippen LogP contribution in [0.2, 0.25) is 0 Å². The highest BCUT2D eigenvalue weighted by Gasteiger charge is 2.31. The number of anilines is 1. The van der Waals surface area contributed by atoms with Gasteiger partial charge in [0.2, 0.25) is 0 Å².